The van der Waals surface area contributed by atoms with Crippen LogP contribution in [0.2, 0.25) is 0 Å². The molecule has 0 aromatic heterocycles. The minimum atomic E-state index is -0.705. The van der Waals surface area contributed by atoms with Gasteiger partial charge in [0.25, 0.3) is 0 Å². The van der Waals surface area contributed by atoms with Crippen molar-refractivity contribution in [3.05, 3.63) is 23.8 Å². The molecule has 0 aliphatic rings. The second-order valence-electron chi connectivity index (χ2n) is 2.71. The van der Waals surface area contributed by atoms with Gasteiger partial charge in [-0.25, -0.2) is 9.18 Å². The molecule has 4 N–H and O–H groups in total. The summed E-state index contributed by atoms with van der Waals surface area (Å²) in [7, 11) is 0. The van der Waals surface area contributed by atoms with Crippen molar-refractivity contribution in [3.63, 3.8) is 0 Å². The van der Waals surface area contributed by atoms with E-state index in [9.17, 15) is 9.18 Å². The number of nitrogens with two attached hydrogens (primary N) is 2. The van der Waals surface area contributed by atoms with E-state index in [0.717, 1.165) is 0 Å². The molecule has 1 aromatic rings. The van der Waals surface area contributed by atoms with Crippen LogP contribution in [-0.2, 0) is 4.74 Å². The molecular formula is C9H11FN2O2. The molecule has 1 rings (SSSR count). The third-order valence-corrected chi connectivity index (χ3v) is 1.52. The van der Waals surface area contributed by atoms with E-state index in [4.69, 9.17) is 11.5 Å². The van der Waals surface area contributed by atoms with Crippen molar-refractivity contribution in [2.75, 3.05) is 24.7 Å². The molecule has 1 aromatic carbocycles. The lowest BCUT2D eigenvalue weighted by atomic mass is 10.2. The third-order valence-electron chi connectivity index (χ3n) is 1.52. The maximum absolute atomic E-state index is 11.7. The molecule has 0 radical (unpaired) electrons. The van der Waals surface area contributed by atoms with Gasteiger partial charge in [-0.1, -0.05) is 0 Å². The Morgan fingerprint density at radius 3 is 2.36 bits per heavy atom. The van der Waals surface area contributed by atoms with Crippen molar-refractivity contribution in [2.24, 2.45) is 0 Å². The topological polar surface area (TPSA) is 78.3 Å². The molecule has 0 saturated heterocycles. The van der Waals surface area contributed by atoms with Crippen LogP contribution in [0.5, 0.6) is 0 Å². The minimum absolute atomic E-state index is 0.232. The van der Waals surface area contributed by atoms with E-state index in [1.807, 2.05) is 0 Å². The van der Waals surface area contributed by atoms with Crippen LogP contribution < -0.4 is 11.5 Å². The van der Waals surface area contributed by atoms with E-state index in [-0.39, 0.29) is 12.2 Å². The molecule has 0 aliphatic carbocycles. The van der Waals surface area contributed by atoms with Crippen molar-refractivity contribution in [3.8, 4) is 0 Å². The van der Waals surface area contributed by atoms with Crippen molar-refractivity contribution < 1.29 is 13.9 Å². The number of benzene rings is 1. The molecule has 0 heterocycles. The number of carbonyl (C=O) groups excluding carboxylic acids is 1. The van der Waals surface area contributed by atoms with Crippen molar-refractivity contribution in [2.45, 2.75) is 0 Å². The van der Waals surface area contributed by atoms with Gasteiger partial charge in [-0.05, 0) is 18.2 Å². The van der Waals surface area contributed by atoms with Gasteiger partial charge in [0.05, 0.1) is 5.56 Å². The number of hydrogen-bond donors (Lipinski definition) is 2. The van der Waals surface area contributed by atoms with Crippen LogP contribution in [0, 0.1) is 0 Å². The van der Waals surface area contributed by atoms with Crippen LogP contribution in [0.15, 0.2) is 18.2 Å². The average Bonchev–Trinajstić information content (AvgIpc) is 2.12. The van der Waals surface area contributed by atoms with Crippen LogP contribution >= 0.6 is 0 Å². The number of alkyl halides is 1. The van der Waals surface area contributed by atoms with Crippen LogP contribution in [-0.4, -0.2) is 19.3 Å². The molecule has 0 aliphatic heterocycles. The Balaban J connectivity index is 2.79. The lowest BCUT2D eigenvalue weighted by molar-refractivity contribution is 0.0481. The summed E-state index contributed by atoms with van der Waals surface area (Å²) in [6.07, 6.45) is 0. The summed E-state index contributed by atoms with van der Waals surface area (Å²) in [5, 5.41) is 0. The van der Waals surface area contributed by atoms with Crippen LogP contribution in [0.25, 0.3) is 0 Å². The fourth-order valence-electron chi connectivity index (χ4n) is 1.01. The molecule has 0 unspecified atom stereocenters. The Labute approximate surface area is 80.6 Å². The van der Waals surface area contributed by atoms with E-state index >= 15 is 0 Å². The first-order chi connectivity index (χ1) is 6.63. The number of hydrogen-bond acceptors (Lipinski definition) is 4. The van der Waals surface area contributed by atoms with Gasteiger partial charge in [0.1, 0.15) is 13.3 Å². The second-order valence-corrected chi connectivity index (χ2v) is 2.71. The minimum Gasteiger partial charge on any atom is -0.459 e. The van der Waals surface area contributed by atoms with E-state index in [1.165, 1.54) is 18.2 Å². The zero-order valence-electron chi connectivity index (χ0n) is 7.50. The van der Waals surface area contributed by atoms with Gasteiger partial charge in [-0.15, -0.1) is 0 Å². The molecule has 76 valence electrons. The first kappa shape index (κ1) is 10.3. The number of ether oxygens (including phenoxy) is 1. The van der Waals surface area contributed by atoms with Gasteiger partial charge < -0.3 is 16.2 Å². The Kier molecular flexibility index (Phi) is 3.28. The number of esters is 1. The second kappa shape index (κ2) is 4.45. The number of anilines is 2. The highest BCUT2D eigenvalue weighted by Gasteiger charge is 2.07. The lowest BCUT2D eigenvalue weighted by Crippen LogP contribution is -2.08. The van der Waals surface area contributed by atoms with Gasteiger partial charge >= 0.3 is 5.97 Å². The van der Waals surface area contributed by atoms with Gasteiger partial charge in [0, 0.05) is 11.4 Å². The number of rotatable bonds is 3. The van der Waals surface area contributed by atoms with Crippen molar-refractivity contribution >= 4 is 17.3 Å². The number of halogens is 1. The smallest absolute Gasteiger partial charge is 0.338 e. The SMILES string of the molecule is Nc1cc(N)cc(C(=O)OCCF)c1. The summed E-state index contributed by atoms with van der Waals surface area (Å²) in [6.45, 7) is -0.961. The highest BCUT2D eigenvalue weighted by molar-refractivity contribution is 5.91. The fraction of sp³-hybridized carbons (Fsp3) is 0.222. The lowest BCUT2D eigenvalue weighted by Gasteiger charge is -2.04. The van der Waals surface area contributed by atoms with E-state index in [1.54, 1.807) is 0 Å². The molecule has 5 heteroatoms. The van der Waals surface area contributed by atoms with Crippen molar-refractivity contribution in [1.29, 1.82) is 0 Å². The number of nitrogen functional groups attached to an aromatic ring is 2. The molecule has 4 nitrogen and oxygen atoms in total. The predicted octanol–water partition coefficient (Wildman–Crippen LogP) is 0.977. The zero-order chi connectivity index (χ0) is 10.6. The Morgan fingerprint density at radius 1 is 1.29 bits per heavy atom. The molecule has 0 amide bonds. The molecule has 0 spiro atoms. The Hall–Kier alpha value is -1.78. The molecule has 0 bridgehead atoms. The first-order valence-corrected chi connectivity index (χ1v) is 4.02. The summed E-state index contributed by atoms with van der Waals surface area (Å²) >= 11 is 0. The van der Waals surface area contributed by atoms with Gasteiger partial charge in [0.15, 0.2) is 0 Å². The maximum Gasteiger partial charge on any atom is 0.338 e. The summed E-state index contributed by atoms with van der Waals surface area (Å²) in [4.78, 5) is 11.2. The average molecular weight is 198 g/mol. The van der Waals surface area contributed by atoms with E-state index in [2.05, 4.69) is 4.74 Å². The summed E-state index contributed by atoms with van der Waals surface area (Å²) in [5.74, 6) is -0.623. The maximum atomic E-state index is 11.7. The van der Waals surface area contributed by atoms with Gasteiger partial charge in [-0.2, -0.15) is 0 Å². The molecule has 0 fully saturated rings. The van der Waals surface area contributed by atoms with Crippen LogP contribution in [0.4, 0.5) is 15.8 Å². The fourth-order valence-corrected chi connectivity index (χ4v) is 1.01. The number of carbonyl (C=O) groups is 1. The molecule has 14 heavy (non-hydrogen) atoms. The van der Waals surface area contributed by atoms with Crippen LogP contribution in [0.1, 0.15) is 10.4 Å². The zero-order valence-corrected chi connectivity index (χ0v) is 7.50. The third kappa shape index (κ3) is 2.62. The molecule has 0 atom stereocenters. The quantitative estimate of drug-likeness (QED) is 0.560. The predicted molar refractivity (Wildman–Crippen MR) is 51.5 cm³/mol. The summed E-state index contributed by atoms with van der Waals surface area (Å²) in [6, 6.07) is 4.37. The largest absolute Gasteiger partial charge is 0.459 e. The van der Waals surface area contributed by atoms with E-state index < -0.39 is 12.6 Å². The highest BCUT2D eigenvalue weighted by atomic mass is 19.1. The van der Waals surface area contributed by atoms with Crippen molar-refractivity contribution in [1.82, 2.24) is 0 Å². The highest BCUT2D eigenvalue weighted by Crippen LogP contribution is 2.14. The van der Waals surface area contributed by atoms with Gasteiger partial charge in [0.2, 0.25) is 0 Å². The summed E-state index contributed by atoms with van der Waals surface area (Å²) < 4.78 is 16.3. The van der Waals surface area contributed by atoms with Gasteiger partial charge in [-0.3, -0.25) is 0 Å². The summed E-state index contributed by atoms with van der Waals surface area (Å²) in [5.41, 5.74) is 11.9. The Bertz CT molecular complexity index is 321. The normalized spacial score (nSPS) is 9.79. The first-order valence-electron chi connectivity index (χ1n) is 4.02. The monoisotopic (exact) mass is 198 g/mol. The Morgan fingerprint density at radius 2 is 1.86 bits per heavy atom. The molecular weight excluding hydrogens is 187 g/mol. The molecule has 0 saturated carbocycles. The standard InChI is InChI=1S/C9H11FN2O2/c10-1-2-14-9(13)6-3-7(11)5-8(12)4-6/h3-5H,1-2,11-12H2. The van der Waals surface area contributed by atoms with Crippen LogP contribution in [0.3, 0.4) is 0 Å². The van der Waals surface area contributed by atoms with E-state index in [0.29, 0.717) is 11.4 Å².